The standard InChI is InChI=1S/C14H13ClN4OS2/c1-8(20)16-13-17-10(6-21-13)7-22-14-18-11-5-9(15)3-4-12(11)19(14)2/h3-6H,7H2,1-2H3,(H,16,17,20). The summed E-state index contributed by atoms with van der Waals surface area (Å²) in [6.07, 6.45) is 0. The van der Waals surface area contributed by atoms with Crippen molar-refractivity contribution >= 4 is 56.8 Å². The van der Waals surface area contributed by atoms with Crippen LogP contribution in [0.1, 0.15) is 12.6 Å². The predicted molar refractivity (Wildman–Crippen MR) is 91.7 cm³/mol. The maximum atomic E-state index is 11.0. The lowest BCUT2D eigenvalue weighted by molar-refractivity contribution is -0.114. The van der Waals surface area contributed by atoms with Crippen LogP contribution in [-0.2, 0) is 17.6 Å². The van der Waals surface area contributed by atoms with Crippen molar-refractivity contribution in [2.75, 3.05) is 5.32 Å². The van der Waals surface area contributed by atoms with Crippen LogP contribution in [0.5, 0.6) is 0 Å². The van der Waals surface area contributed by atoms with Crippen LogP contribution >= 0.6 is 34.7 Å². The van der Waals surface area contributed by atoms with E-state index in [0.717, 1.165) is 21.9 Å². The summed E-state index contributed by atoms with van der Waals surface area (Å²) >= 11 is 9.03. The van der Waals surface area contributed by atoms with Crippen molar-refractivity contribution in [3.05, 3.63) is 34.3 Å². The van der Waals surface area contributed by atoms with Gasteiger partial charge in [-0.05, 0) is 18.2 Å². The Bertz CT molecular complexity index is 843. The van der Waals surface area contributed by atoms with E-state index in [9.17, 15) is 4.79 Å². The molecule has 1 N–H and O–H groups in total. The second-order valence-electron chi connectivity index (χ2n) is 4.70. The zero-order chi connectivity index (χ0) is 15.7. The van der Waals surface area contributed by atoms with Crippen LogP contribution in [0.25, 0.3) is 11.0 Å². The average Bonchev–Trinajstić information content (AvgIpc) is 3.01. The van der Waals surface area contributed by atoms with Crippen LogP contribution in [-0.4, -0.2) is 20.4 Å². The van der Waals surface area contributed by atoms with E-state index in [2.05, 4.69) is 15.3 Å². The van der Waals surface area contributed by atoms with E-state index in [4.69, 9.17) is 11.6 Å². The van der Waals surface area contributed by atoms with Crippen LogP contribution in [0.3, 0.4) is 0 Å². The van der Waals surface area contributed by atoms with E-state index in [0.29, 0.717) is 15.9 Å². The Hall–Kier alpha value is -1.57. The monoisotopic (exact) mass is 352 g/mol. The van der Waals surface area contributed by atoms with Crippen molar-refractivity contribution in [1.82, 2.24) is 14.5 Å². The zero-order valence-electron chi connectivity index (χ0n) is 12.0. The maximum Gasteiger partial charge on any atom is 0.223 e. The van der Waals surface area contributed by atoms with Gasteiger partial charge in [0.05, 0.1) is 16.7 Å². The number of fused-ring (bicyclic) bond motifs is 1. The molecule has 2 heterocycles. The van der Waals surface area contributed by atoms with Crippen molar-refractivity contribution in [3.63, 3.8) is 0 Å². The van der Waals surface area contributed by atoms with Crippen LogP contribution in [0, 0.1) is 0 Å². The molecule has 0 saturated carbocycles. The Labute approximate surface area is 140 Å². The van der Waals surface area contributed by atoms with Gasteiger partial charge in [-0.3, -0.25) is 4.79 Å². The molecule has 0 radical (unpaired) electrons. The molecule has 114 valence electrons. The third-order valence-corrected chi connectivity index (χ3v) is 5.09. The maximum absolute atomic E-state index is 11.0. The Morgan fingerprint density at radius 2 is 2.27 bits per heavy atom. The SMILES string of the molecule is CC(=O)Nc1nc(CSc2nc3cc(Cl)ccc3n2C)cs1. The number of hydrogen-bond donors (Lipinski definition) is 1. The van der Waals surface area contributed by atoms with Gasteiger partial charge in [0.25, 0.3) is 0 Å². The third kappa shape index (κ3) is 3.26. The number of thiazole rings is 1. The van der Waals surface area contributed by atoms with Crippen LogP contribution in [0.4, 0.5) is 5.13 Å². The summed E-state index contributed by atoms with van der Waals surface area (Å²) in [6, 6.07) is 5.69. The predicted octanol–water partition coefficient (Wildman–Crippen LogP) is 3.93. The van der Waals surface area contributed by atoms with Crippen molar-refractivity contribution < 1.29 is 4.79 Å². The smallest absolute Gasteiger partial charge is 0.223 e. The third-order valence-electron chi connectivity index (χ3n) is 2.99. The number of benzene rings is 1. The minimum atomic E-state index is -0.110. The normalized spacial score (nSPS) is 11.0. The fraction of sp³-hybridized carbons (Fsp3) is 0.214. The van der Waals surface area contributed by atoms with Gasteiger partial charge in [-0.25, -0.2) is 9.97 Å². The molecule has 2 aromatic heterocycles. The number of halogens is 1. The van der Waals surface area contributed by atoms with Gasteiger partial charge in [-0.1, -0.05) is 23.4 Å². The van der Waals surface area contributed by atoms with E-state index in [1.54, 1.807) is 11.8 Å². The molecular weight excluding hydrogens is 340 g/mol. The number of imidazole rings is 1. The lowest BCUT2D eigenvalue weighted by atomic mass is 10.3. The van der Waals surface area contributed by atoms with Crippen molar-refractivity contribution in [2.24, 2.45) is 7.05 Å². The number of thioether (sulfide) groups is 1. The summed E-state index contributed by atoms with van der Waals surface area (Å²) in [6.45, 7) is 1.47. The number of nitrogens with zero attached hydrogens (tertiary/aromatic N) is 3. The first-order valence-electron chi connectivity index (χ1n) is 6.49. The van der Waals surface area contributed by atoms with E-state index in [-0.39, 0.29) is 5.91 Å². The van der Waals surface area contributed by atoms with Gasteiger partial charge < -0.3 is 9.88 Å². The summed E-state index contributed by atoms with van der Waals surface area (Å²) < 4.78 is 2.04. The summed E-state index contributed by atoms with van der Waals surface area (Å²) in [5, 5.41) is 6.84. The van der Waals surface area contributed by atoms with Crippen molar-refractivity contribution in [2.45, 2.75) is 17.8 Å². The van der Waals surface area contributed by atoms with E-state index >= 15 is 0 Å². The zero-order valence-corrected chi connectivity index (χ0v) is 14.3. The summed E-state index contributed by atoms with van der Waals surface area (Å²) in [5.41, 5.74) is 2.85. The molecule has 0 aliphatic carbocycles. The first-order valence-corrected chi connectivity index (χ1v) is 8.74. The van der Waals surface area contributed by atoms with Gasteiger partial charge in [0.15, 0.2) is 10.3 Å². The topological polar surface area (TPSA) is 59.8 Å². The molecule has 0 fully saturated rings. The van der Waals surface area contributed by atoms with Crippen LogP contribution in [0.2, 0.25) is 5.02 Å². The molecule has 0 unspecified atom stereocenters. The number of aryl methyl sites for hydroxylation is 1. The Morgan fingerprint density at radius 1 is 1.45 bits per heavy atom. The molecule has 3 rings (SSSR count). The summed E-state index contributed by atoms with van der Waals surface area (Å²) in [4.78, 5) is 20.0. The average molecular weight is 353 g/mol. The Kier molecular flexibility index (Phi) is 4.37. The van der Waals surface area contributed by atoms with E-state index < -0.39 is 0 Å². The second-order valence-corrected chi connectivity index (χ2v) is 6.94. The fourth-order valence-electron chi connectivity index (χ4n) is 2.00. The molecule has 22 heavy (non-hydrogen) atoms. The first kappa shape index (κ1) is 15.3. The Morgan fingerprint density at radius 3 is 3.05 bits per heavy atom. The van der Waals surface area contributed by atoms with Gasteiger partial charge in [0, 0.05) is 30.1 Å². The molecule has 0 bridgehead atoms. The first-order chi connectivity index (χ1) is 10.5. The number of amides is 1. The highest BCUT2D eigenvalue weighted by Gasteiger charge is 2.10. The number of carbonyl (C=O) groups excluding carboxylic acids is 1. The molecule has 0 atom stereocenters. The molecule has 8 heteroatoms. The van der Waals surface area contributed by atoms with E-state index in [1.807, 2.05) is 35.2 Å². The molecule has 0 spiro atoms. The molecule has 0 aliphatic heterocycles. The van der Waals surface area contributed by atoms with Crippen molar-refractivity contribution in [1.29, 1.82) is 0 Å². The van der Waals surface area contributed by atoms with Crippen LogP contribution in [0.15, 0.2) is 28.7 Å². The quantitative estimate of drug-likeness (QED) is 0.722. The second kappa shape index (κ2) is 6.28. The van der Waals surface area contributed by atoms with Gasteiger partial charge in [0.2, 0.25) is 5.91 Å². The number of carbonyl (C=O) groups is 1. The van der Waals surface area contributed by atoms with Crippen LogP contribution < -0.4 is 5.32 Å². The molecule has 1 aromatic carbocycles. The molecule has 5 nitrogen and oxygen atoms in total. The number of rotatable bonds is 4. The highest BCUT2D eigenvalue weighted by molar-refractivity contribution is 7.98. The molecule has 0 aliphatic rings. The number of nitrogens with one attached hydrogen (secondary N) is 1. The minimum Gasteiger partial charge on any atom is -0.322 e. The summed E-state index contributed by atoms with van der Waals surface area (Å²) in [5.74, 6) is 0.585. The molecule has 3 aromatic rings. The highest BCUT2D eigenvalue weighted by atomic mass is 35.5. The number of anilines is 1. The summed E-state index contributed by atoms with van der Waals surface area (Å²) in [7, 11) is 1.98. The largest absolute Gasteiger partial charge is 0.322 e. The van der Waals surface area contributed by atoms with E-state index in [1.165, 1.54) is 18.3 Å². The lowest BCUT2D eigenvalue weighted by Crippen LogP contribution is -2.05. The molecular formula is C14H13ClN4OS2. The van der Waals surface area contributed by atoms with Crippen molar-refractivity contribution in [3.8, 4) is 0 Å². The highest BCUT2D eigenvalue weighted by Crippen LogP contribution is 2.28. The molecule has 0 saturated heterocycles. The van der Waals surface area contributed by atoms with Gasteiger partial charge in [-0.2, -0.15) is 0 Å². The van der Waals surface area contributed by atoms with Gasteiger partial charge >= 0.3 is 0 Å². The molecule has 1 amide bonds. The lowest BCUT2D eigenvalue weighted by Gasteiger charge is -2.00. The van der Waals surface area contributed by atoms with Gasteiger partial charge in [-0.15, -0.1) is 11.3 Å². The van der Waals surface area contributed by atoms with Gasteiger partial charge in [0.1, 0.15) is 0 Å². The number of hydrogen-bond acceptors (Lipinski definition) is 5. The number of aromatic nitrogens is 3. The fourth-order valence-corrected chi connectivity index (χ4v) is 3.91. The minimum absolute atomic E-state index is 0.110. The Balaban J connectivity index is 1.75.